The average Bonchev–Trinajstić information content (AvgIpc) is 3.32. The first kappa shape index (κ1) is 24.4. The first-order valence-corrected chi connectivity index (χ1v) is 10.4. The first-order chi connectivity index (χ1) is 16.5. The standard InChI is InChI=1S/C23H23NO4.C2H2O4/c1-25-20-9-7-18(11-22(20)26-15-17-5-3-2-4-6-17)13-24-14-19-8-10-21-23(12-19)28-16-27-21;3-1(4)2(5)6/h2-12,24H,13-16H2,1H3;(H,3,4)(H,5,6). The molecular weight excluding hydrogens is 442 g/mol. The highest BCUT2D eigenvalue weighted by atomic mass is 16.7. The Balaban J connectivity index is 0.000000481. The summed E-state index contributed by atoms with van der Waals surface area (Å²) in [6.07, 6.45) is 0. The molecule has 0 aliphatic carbocycles. The molecule has 0 spiro atoms. The summed E-state index contributed by atoms with van der Waals surface area (Å²) in [5.41, 5.74) is 3.40. The summed E-state index contributed by atoms with van der Waals surface area (Å²) >= 11 is 0. The molecule has 0 unspecified atom stereocenters. The van der Waals surface area contributed by atoms with Crippen molar-refractivity contribution in [3.05, 3.63) is 83.4 Å². The lowest BCUT2D eigenvalue weighted by molar-refractivity contribution is -0.159. The second-order valence-corrected chi connectivity index (χ2v) is 7.16. The smallest absolute Gasteiger partial charge is 0.414 e. The van der Waals surface area contributed by atoms with Crippen LogP contribution in [-0.2, 0) is 29.3 Å². The van der Waals surface area contributed by atoms with Crippen LogP contribution in [0.1, 0.15) is 16.7 Å². The Bertz CT molecular complexity index is 1110. The molecule has 0 saturated carbocycles. The van der Waals surface area contributed by atoms with Crippen LogP contribution in [0.4, 0.5) is 0 Å². The second kappa shape index (κ2) is 12.1. The topological polar surface area (TPSA) is 124 Å². The Morgan fingerprint density at radius 1 is 0.824 bits per heavy atom. The quantitative estimate of drug-likeness (QED) is 0.427. The fourth-order valence-corrected chi connectivity index (χ4v) is 3.08. The summed E-state index contributed by atoms with van der Waals surface area (Å²) in [6.45, 7) is 2.26. The van der Waals surface area contributed by atoms with E-state index in [9.17, 15) is 0 Å². The number of carbonyl (C=O) groups is 2. The number of methoxy groups -OCH3 is 1. The van der Waals surface area contributed by atoms with Gasteiger partial charge in [-0.2, -0.15) is 0 Å². The van der Waals surface area contributed by atoms with Gasteiger partial charge >= 0.3 is 11.9 Å². The Morgan fingerprint density at radius 2 is 1.47 bits per heavy atom. The zero-order valence-corrected chi connectivity index (χ0v) is 18.5. The molecule has 3 aromatic carbocycles. The van der Waals surface area contributed by atoms with Crippen molar-refractivity contribution in [1.82, 2.24) is 5.32 Å². The summed E-state index contributed by atoms with van der Waals surface area (Å²) in [6, 6.07) is 22.1. The molecule has 9 nitrogen and oxygen atoms in total. The molecule has 4 rings (SSSR count). The van der Waals surface area contributed by atoms with Crippen LogP contribution in [0.5, 0.6) is 23.0 Å². The van der Waals surface area contributed by atoms with E-state index in [1.165, 1.54) is 0 Å². The molecule has 1 heterocycles. The normalized spacial score (nSPS) is 11.2. The Morgan fingerprint density at radius 3 is 2.15 bits per heavy atom. The zero-order valence-electron chi connectivity index (χ0n) is 18.5. The van der Waals surface area contributed by atoms with Gasteiger partial charge in [0.25, 0.3) is 0 Å². The minimum Gasteiger partial charge on any atom is -0.493 e. The van der Waals surface area contributed by atoms with Crippen LogP contribution in [0.3, 0.4) is 0 Å². The SMILES string of the molecule is COc1ccc(CNCc2ccc3c(c2)OCO3)cc1OCc1ccccc1.O=C(O)C(=O)O. The van der Waals surface area contributed by atoms with Crippen LogP contribution in [0, 0.1) is 0 Å². The summed E-state index contributed by atoms with van der Waals surface area (Å²) in [7, 11) is 1.66. The average molecular weight is 467 g/mol. The van der Waals surface area contributed by atoms with E-state index in [-0.39, 0.29) is 0 Å². The summed E-state index contributed by atoms with van der Waals surface area (Å²) in [5.74, 6) is -0.561. The number of rotatable bonds is 8. The van der Waals surface area contributed by atoms with Crippen molar-refractivity contribution >= 4 is 11.9 Å². The summed E-state index contributed by atoms with van der Waals surface area (Å²) in [4.78, 5) is 18.2. The maximum absolute atomic E-state index is 9.10. The number of carboxylic acid groups (broad SMARTS) is 2. The molecule has 178 valence electrons. The van der Waals surface area contributed by atoms with E-state index in [4.69, 9.17) is 38.7 Å². The number of nitrogens with one attached hydrogen (secondary N) is 1. The van der Waals surface area contributed by atoms with Crippen molar-refractivity contribution in [1.29, 1.82) is 0 Å². The predicted molar refractivity (Wildman–Crippen MR) is 122 cm³/mol. The minimum absolute atomic E-state index is 0.295. The van der Waals surface area contributed by atoms with Crippen LogP contribution < -0.4 is 24.3 Å². The van der Waals surface area contributed by atoms with Gasteiger partial charge in [0, 0.05) is 13.1 Å². The molecule has 34 heavy (non-hydrogen) atoms. The van der Waals surface area contributed by atoms with Gasteiger partial charge in [0.05, 0.1) is 7.11 Å². The van der Waals surface area contributed by atoms with Gasteiger partial charge < -0.3 is 34.5 Å². The van der Waals surface area contributed by atoms with Crippen LogP contribution in [-0.4, -0.2) is 36.1 Å². The summed E-state index contributed by atoms with van der Waals surface area (Å²) < 4.78 is 22.2. The number of ether oxygens (including phenoxy) is 4. The van der Waals surface area contributed by atoms with E-state index < -0.39 is 11.9 Å². The number of benzene rings is 3. The molecule has 0 amide bonds. The van der Waals surface area contributed by atoms with Gasteiger partial charge in [-0.15, -0.1) is 0 Å². The summed E-state index contributed by atoms with van der Waals surface area (Å²) in [5, 5.41) is 18.2. The third kappa shape index (κ3) is 7.14. The van der Waals surface area contributed by atoms with Gasteiger partial charge in [0.1, 0.15) is 6.61 Å². The molecule has 1 aliphatic rings. The molecular formula is C25H25NO8. The fourth-order valence-electron chi connectivity index (χ4n) is 3.08. The molecule has 1 aliphatic heterocycles. The van der Waals surface area contributed by atoms with Crippen molar-refractivity contribution < 1.29 is 38.7 Å². The van der Waals surface area contributed by atoms with E-state index in [2.05, 4.69) is 5.32 Å². The monoisotopic (exact) mass is 467 g/mol. The molecule has 0 radical (unpaired) electrons. The molecule has 9 heteroatoms. The van der Waals surface area contributed by atoms with Crippen molar-refractivity contribution in [3.8, 4) is 23.0 Å². The number of hydrogen-bond acceptors (Lipinski definition) is 7. The zero-order chi connectivity index (χ0) is 24.3. The number of aliphatic carboxylic acids is 2. The lowest BCUT2D eigenvalue weighted by Crippen LogP contribution is -2.12. The molecule has 0 bridgehead atoms. The number of hydrogen-bond donors (Lipinski definition) is 3. The van der Waals surface area contributed by atoms with E-state index in [0.717, 1.165) is 52.8 Å². The largest absolute Gasteiger partial charge is 0.493 e. The van der Waals surface area contributed by atoms with E-state index in [0.29, 0.717) is 13.4 Å². The molecule has 0 aromatic heterocycles. The third-order valence-electron chi connectivity index (χ3n) is 4.74. The van der Waals surface area contributed by atoms with Crippen molar-refractivity contribution in [2.45, 2.75) is 19.7 Å². The van der Waals surface area contributed by atoms with E-state index in [1.54, 1.807) is 7.11 Å². The Kier molecular flexibility index (Phi) is 8.70. The Labute approximate surface area is 196 Å². The first-order valence-electron chi connectivity index (χ1n) is 10.4. The van der Waals surface area contributed by atoms with Crippen molar-refractivity contribution in [2.24, 2.45) is 0 Å². The highest BCUT2D eigenvalue weighted by molar-refractivity contribution is 6.27. The van der Waals surface area contributed by atoms with Gasteiger partial charge in [-0.25, -0.2) is 9.59 Å². The lowest BCUT2D eigenvalue weighted by Gasteiger charge is -2.13. The predicted octanol–water partition coefficient (Wildman–Crippen LogP) is 3.45. The molecule has 0 fully saturated rings. The van der Waals surface area contributed by atoms with Gasteiger partial charge in [-0.3, -0.25) is 0 Å². The molecule has 3 aromatic rings. The van der Waals surface area contributed by atoms with Gasteiger partial charge in [-0.05, 0) is 41.0 Å². The third-order valence-corrected chi connectivity index (χ3v) is 4.74. The van der Waals surface area contributed by atoms with Gasteiger partial charge in [-0.1, -0.05) is 42.5 Å². The van der Waals surface area contributed by atoms with Crippen LogP contribution in [0.15, 0.2) is 66.7 Å². The lowest BCUT2D eigenvalue weighted by atomic mass is 10.1. The fraction of sp³-hybridized carbons (Fsp3) is 0.200. The van der Waals surface area contributed by atoms with Crippen LogP contribution in [0.25, 0.3) is 0 Å². The highest BCUT2D eigenvalue weighted by Gasteiger charge is 2.13. The van der Waals surface area contributed by atoms with Gasteiger partial charge in [0.2, 0.25) is 6.79 Å². The maximum atomic E-state index is 9.10. The number of carboxylic acids is 2. The molecule has 0 saturated heterocycles. The van der Waals surface area contributed by atoms with Crippen LogP contribution >= 0.6 is 0 Å². The molecule has 0 atom stereocenters. The van der Waals surface area contributed by atoms with E-state index >= 15 is 0 Å². The Hall–Kier alpha value is -4.24. The van der Waals surface area contributed by atoms with Crippen molar-refractivity contribution in [3.63, 3.8) is 0 Å². The molecule has 3 N–H and O–H groups in total. The van der Waals surface area contributed by atoms with Gasteiger partial charge in [0.15, 0.2) is 23.0 Å². The minimum atomic E-state index is -1.82. The van der Waals surface area contributed by atoms with E-state index in [1.807, 2.05) is 66.7 Å². The second-order valence-electron chi connectivity index (χ2n) is 7.16. The van der Waals surface area contributed by atoms with Crippen molar-refractivity contribution in [2.75, 3.05) is 13.9 Å². The van der Waals surface area contributed by atoms with Crippen LogP contribution in [0.2, 0.25) is 0 Å². The maximum Gasteiger partial charge on any atom is 0.414 e. The number of fused-ring (bicyclic) bond motifs is 1. The highest BCUT2D eigenvalue weighted by Crippen LogP contribution is 2.32.